The van der Waals surface area contributed by atoms with Gasteiger partial charge in [0.15, 0.2) is 0 Å². The molecule has 3 nitrogen and oxygen atoms in total. The van der Waals surface area contributed by atoms with Crippen molar-refractivity contribution in [1.82, 2.24) is 4.90 Å². The first-order valence-corrected chi connectivity index (χ1v) is 6.12. The molecule has 0 unspecified atom stereocenters. The molecule has 15 heavy (non-hydrogen) atoms. The average molecular weight is 214 g/mol. The second-order valence-corrected chi connectivity index (χ2v) is 4.24. The summed E-state index contributed by atoms with van der Waals surface area (Å²) in [7, 11) is 0. The van der Waals surface area contributed by atoms with Crippen LogP contribution in [0.1, 0.15) is 47.0 Å². The molecule has 0 spiro atoms. The van der Waals surface area contributed by atoms with Gasteiger partial charge >= 0.3 is 0 Å². The molecular weight excluding hydrogens is 188 g/mol. The molecule has 0 aliphatic carbocycles. The second kappa shape index (κ2) is 7.69. The minimum absolute atomic E-state index is 0.119. The molecule has 2 N–H and O–H groups in total. The lowest BCUT2D eigenvalue weighted by atomic mass is 9.99. The number of hydrogen-bond donors (Lipinski definition) is 1. The minimum Gasteiger partial charge on any atom is -0.341 e. The van der Waals surface area contributed by atoms with Gasteiger partial charge in [-0.25, -0.2) is 0 Å². The summed E-state index contributed by atoms with van der Waals surface area (Å²) in [6.07, 6.45) is 2.96. The summed E-state index contributed by atoms with van der Waals surface area (Å²) >= 11 is 0. The van der Waals surface area contributed by atoms with Crippen LogP contribution in [0.4, 0.5) is 0 Å². The number of carbonyl (C=O) groups excluding carboxylic acids is 1. The van der Waals surface area contributed by atoms with Crippen LogP contribution in [0.5, 0.6) is 0 Å². The summed E-state index contributed by atoms with van der Waals surface area (Å²) in [6, 6.07) is -0.326. The molecule has 1 amide bonds. The van der Waals surface area contributed by atoms with E-state index in [0.717, 1.165) is 32.4 Å². The first-order valence-electron chi connectivity index (χ1n) is 6.12. The monoisotopic (exact) mass is 214 g/mol. The Labute approximate surface area is 94.0 Å². The average Bonchev–Trinajstić information content (AvgIpc) is 2.25. The molecule has 3 heteroatoms. The second-order valence-electron chi connectivity index (χ2n) is 4.24. The van der Waals surface area contributed by atoms with Crippen LogP contribution in [-0.4, -0.2) is 29.9 Å². The van der Waals surface area contributed by atoms with Crippen LogP contribution >= 0.6 is 0 Å². The van der Waals surface area contributed by atoms with E-state index in [1.807, 2.05) is 11.8 Å². The number of rotatable bonds is 7. The molecule has 0 bridgehead atoms. The van der Waals surface area contributed by atoms with E-state index in [-0.39, 0.29) is 17.9 Å². The summed E-state index contributed by atoms with van der Waals surface area (Å²) in [5, 5.41) is 0. The van der Waals surface area contributed by atoms with Crippen molar-refractivity contribution in [3.05, 3.63) is 0 Å². The number of hydrogen-bond acceptors (Lipinski definition) is 2. The molecule has 0 aromatic heterocycles. The predicted molar refractivity (Wildman–Crippen MR) is 64.6 cm³/mol. The molecule has 0 rings (SSSR count). The van der Waals surface area contributed by atoms with Crippen molar-refractivity contribution in [2.75, 3.05) is 13.1 Å². The Balaban J connectivity index is 4.33. The highest BCUT2D eigenvalue weighted by Gasteiger charge is 2.23. The van der Waals surface area contributed by atoms with Gasteiger partial charge in [-0.15, -0.1) is 0 Å². The SMILES string of the molecule is CCCN(CCC)C(=O)[C@@H](N)[C@@H](C)CC. The zero-order chi connectivity index (χ0) is 11.8. The van der Waals surface area contributed by atoms with E-state index in [2.05, 4.69) is 20.8 Å². The lowest BCUT2D eigenvalue weighted by Gasteiger charge is -2.27. The Morgan fingerprint density at radius 3 is 2.00 bits per heavy atom. The third kappa shape index (κ3) is 4.65. The number of amides is 1. The summed E-state index contributed by atoms with van der Waals surface area (Å²) in [6.45, 7) is 9.95. The molecular formula is C12H26N2O. The molecule has 0 fully saturated rings. The van der Waals surface area contributed by atoms with Crippen molar-refractivity contribution in [3.8, 4) is 0 Å². The summed E-state index contributed by atoms with van der Waals surface area (Å²) in [5.74, 6) is 0.391. The van der Waals surface area contributed by atoms with Crippen LogP contribution in [0.15, 0.2) is 0 Å². The first kappa shape index (κ1) is 14.4. The van der Waals surface area contributed by atoms with Gasteiger partial charge in [-0.1, -0.05) is 34.1 Å². The summed E-state index contributed by atoms with van der Waals surface area (Å²) in [5.41, 5.74) is 5.94. The Morgan fingerprint density at radius 2 is 1.67 bits per heavy atom. The van der Waals surface area contributed by atoms with E-state index >= 15 is 0 Å². The van der Waals surface area contributed by atoms with Gasteiger partial charge in [-0.2, -0.15) is 0 Å². The fourth-order valence-electron chi connectivity index (χ4n) is 1.58. The fraction of sp³-hybridized carbons (Fsp3) is 0.917. The van der Waals surface area contributed by atoms with Crippen molar-refractivity contribution in [3.63, 3.8) is 0 Å². The predicted octanol–water partition coefficient (Wildman–Crippen LogP) is 2.01. The number of nitrogens with two attached hydrogens (primary N) is 1. The van der Waals surface area contributed by atoms with Crippen molar-refractivity contribution in [1.29, 1.82) is 0 Å². The Morgan fingerprint density at radius 1 is 1.20 bits per heavy atom. The molecule has 90 valence electrons. The topological polar surface area (TPSA) is 46.3 Å². The van der Waals surface area contributed by atoms with E-state index in [1.165, 1.54) is 0 Å². The first-order chi connectivity index (χ1) is 7.08. The van der Waals surface area contributed by atoms with E-state index in [1.54, 1.807) is 0 Å². The van der Waals surface area contributed by atoms with Crippen LogP contribution < -0.4 is 5.73 Å². The van der Waals surface area contributed by atoms with Gasteiger partial charge < -0.3 is 10.6 Å². The Kier molecular flexibility index (Phi) is 7.39. The van der Waals surface area contributed by atoms with Gasteiger partial charge in [0.25, 0.3) is 0 Å². The van der Waals surface area contributed by atoms with Crippen LogP contribution in [0.3, 0.4) is 0 Å². The van der Waals surface area contributed by atoms with E-state index < -0.39 is 0 Å². The number of carbonyl (C=O) groups is 1. The van der Waals surface area contributed by atoms with Crippen LogP contribution in [-0.2, 0) is 4.79 Å². The van der Waals surface area contributed by atoms with Crippen LogP contribution in [0, 0.1) is 5.92 Å². The quantitative estimate of drug-likeness (QED) is 0.704. The third-order valence-corrected chi connectivity index (χ3v) is 2.84. The summed E-state index contributed by atoms with van der Waals surface area (Å²) in [4.78, 5) is 13.9. The van der Waals surface area contributed by atoms with Gasteiger partial charge in [-0.3, -0.25) is 4.79 Å². The Bertz CT molecular complexity index is 176. The van der Waals surface area contributed by atoms with Crippen molar-refractivity contribution in [2.45, 2.75) is 53.0 Å². The molecule has 0 aromatic carbocycles. The standard InChI is InChI=1S/C12H26N2O/c1-5-8-14(9-6-2)12(15)11(13)10(4)7-3/h10-11H,5-9,13H2,1-4H3/t10-,11-/m0/s1. The lowest BCUT2D eigenvalue weighted by molar-refractivity contribution is -0.133. The van der Waals surface area contributed by atoms with Gasteiger partial charge in [0.1, 0.15) is 0 Å². The zero-order valence-electron chi connectivity index (χ0n) is 10.6. The minimum atomic E-state index is -0.326. The van der Waals surface area contributed by atoms with Crippen LogP contribution in [0.25, 0.3) is 0 Å². The molecule has 0 saturated heterocycles. The van der Waals surface area contributed by atoms with Crippen LogP contribution in [0.2, 0.25) is 0 Å². The van der Waals surface area contributed by atoms with Gasteiger partial charge in [0.2, 0.25) is 5.91 Å². The third-order valence-electron chi connectivity index (χ3n) is 2.84. The maximum atomic E-state index is 12.0. The molecule has 0 aliphatic rings. The van der Waals surface area contributed by atoms with Crippen molar-refractivity contribution in [2.24, 2.45) is 11.7 Å². The molecule has 0 aromatic rings. The smallest absolute Gasteiger partial charge is 0.239 e. The van der Waals surface area contributed by atoms with Crippen molar-refractivity contribution < 1.29 is 4.79 Å². The maximum Gasteiger partial charge on any atom is 0.239 e. The molecule has 2 atom stereocenters. The number of nitrogens with zero attached hydrogens (tertiary/aromatic N) is 1. The normalized spacial score (nSPS) is 14.7. The van der Waals surface area contributed by atoms with Gasteiger partial charge in [0.05, 0.1) is 6.04 Å². The molecule has 0 aliphatic heterocycles. The van der Waals surface area contributed by atoms with E-state index in [4.69, 9.17) is 5.73 Å². The molecule has 0 heterocycles. The molecule has 0 saturated carbocycles. The Hall–Kier alpha value is -0.570. The summed E-state index contributed by atoms with van der Waals surface area (Å²) < 4.78 is 0. The molecule has 0 radical (unpaired) electrons. The van der Waals surface area contributed by atoms with Gasteiger partial charge in [0, 0.05) is 13.1 Å². The maximum absolute atomic E-state index is 12.0. The van der Waals surface area contributed by atoms with E-state index in [9.17, 15) is 4.79 Å². The largest absolute Gasteiger partial charge is 0.341 e. The highest BCUT2D eigenvalue weighted by atomic mass is 16.2. The lowest BCUT2D eigenvalue weighted by Crippen LogP contribution is -2.47. The van der Waals surface area contributed by atoms with E-state index in [0.29, 0.717) is 0 Å². The highest BCUT2D eigenvalue weighted by Crippen LogP contribution is 2.09. The highest BCUT2D eigenvalue weighted by molar-refractivity contribution is 5.81. The fourth-order valence-corrected chi connectivity index (χ4v) is 1.58. The van der Waals surface area contributed by atoms with Crippen molar-refractivity contribution >= 4 is 5.91 Å². The van der Waals surface area contributed by atoms with Gasteiger partial charge in [-0.05, 0) is 18.8 Å². The zero-order valence-corrected chi connectivity index (χ0v) is 10.6.